The van der Waals surface area contributed by atoms with Crippen LogP contribution in [0.4, 0.5) is 4.39 Å². The van der Waals surface area contributed by atoms with Crippen LogP contribution in [0.5, 0.6) is 0 Å². The fraction of sp³-hybridized carbons (Fsp3) is 0.375. The van der Waals surface area contributed by atoms with Crippen molar-refractivity contribution >= 4 is 44.8 Å². The summed E-state index contributed by atoms with van der Waals surface area (Å²) in [7, 11) is 0. The van der Waals surface area contributed by atoms with E-state index in [1.54, 1.807) is 17.0 Å². The number of nitrogens with one attached hydrogen (secondary N) is 1. The Bertz CT molecular complexity index is 822. The minimum Gasteiger partial charge on any atom is -0.354 e. The smallest absolute Gasteiger partial charge is 0.266 e. The average molecular weight is 353 g/mol. The van der Waals surface area contributed by atoms with Crippen molar-refractivity contribution in [2.75, 3.05) is 6.54 Å². The third-order valence-electron chi connectivity index (χ3n) is 4.61. The molecule has 4 nitrogen and oxygen atoms in total. The molecule has 2 atom stereocenters. The lowest BCUT2D eigenvalue weighted by Crippen LogP contribution is -2.42. The molecule has 3 heterocycles. The normalized spacial score (nSPS) is 23.9. The van der Waals surface area contributed by atoms with Crippen LogP contribution in [-0.2, 0) is 4.79 Å². The number of carbonyl (C=O) groups is 2. The molecule has 2 aromatic rings. The first-order chi connectivity index (χ1) is 11.1. The van der Waals surface area contributed by atoms with E-state index >= 15 is 0 Å². The highest BCUT2D eigenvalue weighted by atomic mass is 35.5. The summed E-state index contributed by atoms with van der Waals surface area (Å²) in [6, 6.07) is 4.60. The van der Waals surface area contributed by atoms with Crippen LogP contribution >= 0.6 is 22.9 Å². The van der Waals surface area contributed by atoms with Crippen LogP contribution in [0.2, 0.25) is 5.02 Å². The third kappa shape index (κ3) is 2.32. The molecular formula is C16H14ClFN2O2S. The first-order valence-electron chi connectivity index (χ1n) is 7.52. The molecule has 120 valence electrons. The minimum absolute atomic E-state index is 0.00919. The Labute approximate surface area is 141 Å². The van der Waals surface area contributed by atoms with Crippen molar-refractivity contribution in [1.29, 1.82) is 0 Å². The van der Waals surface area contributed by atoms with Crippen molar-refractivity contribution in [3.05, 3.63) is 33.9 Å². The maximum Gasteiger partial charge on any atom is 0.266 e. The lowest BCUT2D eigenvalue weighted by molar-refractivity contribution is -0.121. The largest absolute Gasteiger partial charge is 0.354 e. The fourth-order valence-corrected chi connectivity index (χ4v) is 5.03. The zero-order valence-corrected chi connectivity index (χ0v) is 13.7. The van der Waals surface area contributed by atoms with Gasteiger partial charge in [0.25, 0.3) is 5.91 Å². The molecule has 7 heteroatoms. The number of nitrogens with zero attached hydrogens (tertiary/aromatic N) is 1. The van der Waals surface area contributed by atoms with E-state index in [9.17, 15) is 14.0 Å². The van der Waals surface area contributed by atoms with E-state index in [2.05, 4.69) is 5.32 Å². The van der Waals surface area contributed by atoms with Crippen molar-refractivity contribution in [3.63, 3.8) is 0 Å². The zero-order valence-electron chi connectivity index (χ0n) is 12.1. The van der Waals surface area contributed by atoms with Gasteiger partial charge in [0.15, 0.2) is 0 Å². The van der Waals surface area contributed by atoms with Crippen LogP contribution in [-0.4, -0.2) is 35.3 Å². The molecule has 2 saturated heterocycles. The lowest BCUT2D eigenvalue weighted by atomic mass is 10.1. The first-order valence-corrected chi connectivity index (χ1v) is 8.71. The van der Waals surface area contributed by atoms with Gasteiger partial charge in [-0.1, -0.05) is 17.7 Å². The molecule has 2 aliphatic rings. The summed E-state index contributed by atoms with van der Waals surface area (Å²) >= 11 is 7.51. The van der Waals surface area contributed by atoms with E-state index in [1.165, 1.54) is 17.4 Å². The summed E-state index contributed by atoms with van der Waals surface area (Å²) in [5, 5.41) is 3.32. The Hall–Kier alpha value is -1.66. The third-order valence-corrected chi connectivity index (χ3v) is 6.24. The van der Waals surface area contributed by atoms with Gasteiger partial charge in [-0.2, -0.15) is 0 Å². The number of amides is 2. The molecular weight excluding hydrogens is 339 g/mol. The molecule has 2 aliphatic heterocycles. The summed E-state index contributed by atoms with van der Waals surface area (Å²) < 4.78 is 14.7. The van der Waals surface area contributed by atoms with Gasteiger partial charge in [-0.05, 0) is 25.0 Å². The molecule has 23 heavy (non-hydrogen) atoms. The second-order valence-corrected chi connectivity index (χ2v) is 7.39. The number of carbonyl (C=O) groups excluding carboxylic acids is 2. The van der Waals surface area contributed by atoms with Crippen LogP contribution in [0.1, 0.15) is 28.9 Å². The fourth-order valence-electron chi connectivity index (χ4n) is 3.54. The van der Waals surface area contributed by atoms with E-state index in [4.69, 9.17) is 11.6 Å². The first kappa shape index (κ1) is 14.9. The highest BCUT2D eigenvalue weighted by molar-refractivity contribution is 7.21. The van der Waals surface area contributed by atoms with E-state index < -0.39 is 5.82 Å². The average Bonchev–Trinajstić information content (AvgIpc) is 3.01. The number of thiophene rings is 1. The lowest BCUT2D eigenvalue weighted by Gasteiger charge is -2.27. The second-order valence-electron chi connectivity index (χ2n) is 5.96. The summed E-state index contributed by atoms with van der Waals surface area (Å²) in [6.07, 6.45) is 2.01. The van der Waals surface area contributed by atoms with Crippen LogP contribution in [0.3, 0.4) is 0 Å². The van der Waals surface area contributed by atoms with Crippen molar-refractivity contribution in [1.82, 2.24) is 10.2 Å². The highest BCUT2D eigenvalue weighted by Crippen LogP contribution is 2.39. The van der Waals surface area contributed by atoms with Crippen molar-refractivity contribution in [2.24, 2.45) is 0 Å². The quantitative estimate of drug-likeness (QED) is 0.857. The van der Waals surface area contributed by atoms with Gasteiger partial charge >= 0.3 is 0 Å². The van der Waals surface area contributed by atoms with Gasteiger partial charge in [0.05, 0.1) is 5.02 Å². The molecule has 2 amide bonds. The molecule has 0 spiro atoms. The van der Waals surface area contributed by atoms with Gasteiger partial charge in [-0.3, -0.25) is 9.59 Å². The summed E-state index contributed by atoms with van der Waals surface area (Å²) in [5.74, 6) is -0.637. The van der Waals surface area contributed by atoms with Gasteiger partial charge in [0.2, 0.25) is 5.91 Å². The molecule has 0 aliphatic carbocycles. The molecule has 0 radical (unpaired) electrons. The van der Waals surface area contributed by atoms with Crippen molar-refractivity contribution in [3.8, 4) is 0 Å². The van der Waals surface area contributed by atoms with Crippen molar-refractivity contribution < 1.29 is 14.0 Å². The molecule has 1 aromatic carbocycles. The molecule has 1 aromatic heterocycles. The Morgan fingerprint density at radius 1 is 1.35 bits per heavy atom. The number of hydrogen-bond acceptors (Lipinski definition) is 3. The van der Waals surface area contributed by atoms with Crippen LogP contribution in [0.25, 0.3) is 10.1 Å². The Morgan fingerprint density at radius 2 is 2.13 bits per heavy atom. The van der Waals surface area contributed by atoms with E-state index in [0.29, 0.717) is 27.9 Å². The summed E-state index contributed by atoms with van der Waals surface area (Å²) in [6.45, 7) is 0.470. The predicted octanol–water partition coefficient (Wildman–Crippen LogP) is 3.19. The van der Waals surface area contributed by atoms with Crippen LogP contribution in [0, 0.1) is 5.82 Å². The molecule has 1 N–H and O–H groups in total. The Morgan fingerprint density at radius 3 is 2.91 bits per heavy atom. The summed E-state index contributed by atoms with van der Waals surface area (Å²) in [4.78, 5) is 26.8. The molecule has 0 saturated carbocycles. The molecule has 0 unspecified atom stereocenters. The number of rotatable bonds is 1. The highest BCUT2D eigenvalue weighted by Gasteiger charge is 2.41. The van der Waals surface area contributed by atoms with Gasteiger partial charge < -0.3 is 10.2 Å². The Kier molecular flexibility index (Phi) is 3.54. The van der Waals surface area contributed by atoms with Gasteiger partial charge in [0.1, 0.15) is 10.7 Å². The number of halogens is 2. The van der Waals surface area contributed by atoms with Crippen LogP contribution < -0.4 is 5.32 Å². The van der Waals surface area contributed by atoms with E-state index in [1.807, 2.05) is 0 Å². The number of hydrogen-bond donors (Lipinski definition) is 1. The SMILES string of the molecule is O=C1C[C@H]2CC[C@@H](CN1)N2C(=O)c1sc2cccc(F)c2c1Cl. The predicted molar refractivity (Wildman–Crippen MR) is 87.4 cm³/mol. The maximum atomic E-state index is 14.0. The van der Waals surface area contributed by atoms with Gasteiger partial charge in [0, 0.05) is 35.1 Å². The second kappa shape index (κ2) is 5.46. The monoisotopic (exact) mass is 352 g/mol. The number of fused-ring (bicyclic) bond motifs is 3. The molecule has 4 rings (SSSR count). The standard InChI is InChI=1S/C16H14ClFN2O2S/c17-14-13-10(18)2-1-3-11(13)23-15(14)16(22)20-8-4-5-9(20)7-19-12(21)6-8/h1-3,8-9H,4-7H2,(H,19,21)/t8-,9+/m1/s1. The van der Waals surface area contributed by atoms with E-state index in [0.717, 1.165) is 12.8 Å². The minimum atomic E-state index is -0.418. The van der Waals surface area contributed by atoms with E-state index in [-0.39, 0.29) is 28.9 Å². The Balaban J connectivity index is 1.76. The van der Waals surface area contributed by atoms with Gasteiger partial charge in [-0.15, -0.1) is 11.3 Å². The van der Waals surface area contributed by atoms with Gasteiger partial charge in [-0.25, -0.2) is 4.39 Å². The molecule has 2 bridgehead atoms. The maximum absolute atomic E-state index is 14.0. The van der Waals surface area contributed by atoms with Crippen molar-refractivity contribution in [2.45, 2.75) is 31.3 Å². The summed E-state index contributed by atoms with van der Waals surface area (Å²) in [5.41, 5.74) is 0. The topological polar surface area (TPSA) is 49.4 Å². The van der Waals surface area contributed by atoms with Crippen LogP contribution in [0.15, 0.2) is 18.2 Å². The molecule has 2 fully saturated rings. The number of benzene rings is 1. The zero-order chi connectivity index (χ0) is 16.1.